The van der Waals surface area contributed by atoms with Gasteiger partial charge in [-0.1, -0.05) is 11.3 Å². The highest BCUT2D eigenvalue weighted by atomic mass is 32.1. The summed E-state index contributed by atoms with van der Waals surface area (Å²) >= 11 is 1.12. The first-order valence-corrected chi connectivity index (χ1v) is 10.9. The van der Waals surface area contributed by atoms with Gasteiger partial charge in [-0.05, 0) is 43.3 Å². The highest BCUT2D eigenvalue weighted by molar-refractivity contribution is 7.22. The van der Waals surface area contributed by atoms with E-state index in [1.165, 1.54) is 0 Å². The Bertz CT molecular complexity index is 1570. The number of nitrogens with one attached hydrogen (secondary N) is 1. The molecule has 0 atom stereocenters. The van der Waals surface area contributed by atoms with Crippen LogP contribution in [0.15, 0.2) is 52.1 Å². The van der Waals surface area contributed by atoms with Crippen molar-refractivity contribution in [1.82, 2.24) is 14.1 Å². The summed E-state index contributed by atoms with van der Waals surface area (Å²) in [7, 11) is 0.850. The number of anilines is 1. The van der Waals surface area contributed by atoms with Crippen LogP contribution in [-0.2, 0) is 13.2 Å². The zero-order valence-electron chi connectivity index (χ0n) is 18.1. The number of rotatable bonds is 5. The number of benzene rings is 2. The fourth-order valence-electron chi connectivity index (χ4n) is 3.34. The topological polar surface area (TPSA) is 95.2 Å². The van der Waals surface area contributed by atoms with Gasteiger partial charge in [0.15, 0.2) is 5.13 Å². The molecule has 2 aromatic heterocycles. The van der Waals surface area contributed by atoms with Crippen LogP contribution in [0.25, 0.3) is 15.9 Å². The molecule has 1 amide bonds. The number of carbonyl (C=O) groups excluding carboxylic acids is 1. The van der Waals surface area contributed by atoms with Crippen molar-refractivity contribution in [2.45, 2.75) is 13.1 Å². The molecule has 0 aliphatic heterocycles. The van der Waals surface area contributed by atoms with E-state index in [0.29, 0.717) is 27.1 Å². The normalized spacial score (nSPS) is 11.6. The molecule has 0 radical (unpaired) electrons. The summed E-state index contributed by atoms with van der Waals surface area (Å²) in [6.07, 6.45) is -4.93. The molecule has 0 fully saturated rings. The predicted molar refractivity (Wildman–Crippen MR) is 121 cm³/mol. The number of thiazole rings is 1. The molecule has 35 heavy (non-hydrogen) atoms. The fraction of sp³-hybridized carbons (Fsp3) is 0.182. The molecule has 182 valence electrons. The van der Waals surface area contributed by atoms with Gasteiger partial charge in [0, 0.05) is 13.1 Å². The number of amides is 1. The lowest BCUT2D eigenvalue weighted by Gasteiger charge is -2.14. The Labute approximate surface area is 198 Å². The molecule has 0 spiro atoms. The predicted octanol–water partition coefficient (Wildman–Crippen LogP) is 3.95. The average Bonchev–Trinajstić information content (AvgIpc) is 3.18. The van der Waals surface area contributed by atoms with Gasteiger partial charge in [-0.15, -0.1) is 0 Å². The molecule has 13 heteroatoms. The van der Waals surface area contributed by atoms with E-state index in [0.717, 1.165) is 36.6 Å². The monoisotopic (exact) mass is 508 g/mol. The van der Waals surface area contributed by atoms with E-state index in [1.807, 2.05) is 6.92 Å². The molecular formula is C22H16F4N4O4S. The lowest BCUT2D eigenvalue weighted by atomic mass is 10.1. The second-order valence-electron chi connectivity index (χ2n) is 7.24. The van der Waals surface area contributed by atoms with Gasteiger partial charge in [-0.3, -0.25) is 19.5 Å². The lowest BCUT2D eigenvalue weighted by Crippen LogP contribution is -2.40. The van der Waals surface area contributed by atoms with Crippen molar-refractivity contribution in [2.75, 3.05) is 11.9 Å². The third kappa shape index (κ3) is 4.67. The Morgan fingerprint density at radius 3 is 2.57 bits per heavy atom. The Kier molecular flexibility index (Phi) is 6.19. The van der Waals surface area contributed by atoms with Crippen LogP contribution in [-0.4, -0.2) is 26.6 Å². The Balaban J connectivity index is 1.70. The zero-order valence-corrected chi connectivity index (χ0v) is 19.0. The van der Waals surface area contributed by atoms with E-state index in [1.54, 1.807) is 18.2 Å². The minimum Gasteiger partial charge on any atom is -0.494 e. The minimum absolute atomic E-state index is 0.158. The summed E-state index contributed by atoms with van der Waals surface area (Å²) in [5.41, 5.74) is -4.27. The third-order valence-corrected chi connectivity index (χ3v) is 5.89. The molecule has 0 aliphatic carbocycles. The van der Waals surface area contributed by atoms with Crippen LogP contribution in [0.3, 0.4) is 0 Å². The maximum atomic E-state index is 14.5. The zero-order chi connectivity index (χ0) is 25.5. The molecular weight excluding hydrogens is 492 g/mol. The van der Waals surface area contributed by atoms with Gasteiger partial charge in [-0.25, -0.2) is 18.7 Å². The highest BCUT2D eigenvalue weighted by Crippen LogP contribution is 2.30. The van der Waals surface area contributed by atoms with Crippen molar-refractivity contribution in [3.8, 4) is 11.4 Å². The Morgan fingerprint density at radius 2 is 1.89 bits per heavy atom. The van der Waals surface area contributed by atoms with E-state index >= 15 is 0 Å². The quantitative estimate of drug-likeness (QED) is 0.412. The van der Waals surface area contributed by atoms with Crippen LogP contribution in [0.2, 0.25) is 0 Å². The number of halogens is 4. The van der Waals surface area contributed by atoms with Crippen molar-refractivity contribution in [1.29, 1.82) is 0 Å². The molecule has 2 heterocycles. The van der Waals surface area contributed by atoms with Gasteiger partial charge >= 0.3 is 11.9 Å². The SMILES string of the molecule is CCOc1ccc2nc(NC(=O)c3cc(-n4c(=O)cc(C(F)(F)F)n(C)c4=O)ccc3F)sc2c1. The Morgan fingerprint density at radius 1 is 1.14 bits per heavy atom. The number of fused-ring (bicyclic) bond motifs is 1. The number of hydrogen-bond donors (Lipinski definition) is 1. The van der Waals surface area contributed by atoms with E-state index in [9.17, 15) is 31.9 Å². The van der Waals surface area contributed by atoms with Gasteiger partial charge < -0.3 is 4.74 Å². The maximum Gasteiger partial charge on any atom is 0.431 e. The van der Waals surface area contributed by atoms with E-state index < -0.39 is 40.4 Å². The molecule has 2 aromatic carbocycles. The van der Waals surface area contributed by atoms with Crippen LogP contribution < -0.4 is 21.3 Å². The van der Waals surface area contributed by atoms with E-state index in [4.69, 9.17) is 4.74 Å². The van der Waals surface area contributed by atoms with Gasteiger partial charge in [0.05, 0.1) is 28.1 Å². The van der Waals surface area contributed by atoms with Gasteiger partial charge in [0.25, 0.3) is 11.5 Å². The van der Waals surface area contributed by atoms with Crippen LogP contribution in [0.5, 0.6) is 5.75 Å². The molecule has 4 rings (SSSR count). The Hall–Kier alpha value is -4.00. The average molecular weight is 508 g/mol. The molecule has 0 saturated heterocycles. The highest BCUT2D eigenvalue weighted by Gasteiger charge is 2.35. The summed E-state index contributed by atoms with van der Waals surface area (Å²) in [4.78, 5) is 41.8. The smallest absolute Gasteiger partial charge is 0.431 e. The molecule has 1 N–H and O–H groups in total. The second-order valence-corrected chi connectivity index (χ2v) is 8.27. The van der Waals surface area contributed by atoms with Crippen LogP contribution >= 0.6 is 11.3 Å². The van der Waals surface area contributed by atoms with Crippen molar-refractivity contribution < 1.29 is 27.1 Å². The van der Waals surface area contributed by atoms with Crippen LogP contribution in [0.4, 0.5) is 22.7 Å². The first kappa shape index (κ1) is 24.1. The molecule has 8 nitrogen and oxygen atoms in total. The second kappa shape index (κ2) is 8.98. The molecule has 4 aromatic rings. The number of hydrogen-bond acceptors (Lipinski definition) is 6. The van der Waals surface area contributed by atoms with Gasteiger partial charge in [0.2, 0.25) is 0 Å². The van der Waals surface area contributed by atoms with E-state index in [-0.39, 0.29) is 21.5 Å². The van der Waals surface area contributed by atoms with Crippen molar-refractivity contribution in [3.05, 3.63) is 80.4 Å². The number of aromatic nitrogens is 3. The third-order valence-electron chi connectivity index (χ3n) is 4.95. The summed E-state index contributed by atoms with van der Waals surface area (Å²) in [6.45, 7) is 2.30. The molecule has 0 aliphatic rings. The number of alkyl halides is 3. The summed E-state index contributed by atoms with van der Waals surface area (Å²) in [6, 6.07) is 8.14. The summed E-state index contributed by atoms with van der Waals surface area (Å²) in [5.74, 6) is -1.28. The molecule has 0 saturated carbocycles. The number of nitrogens with zero attached hydrogens (tertiary/aromatic N) is 3. The minimum atomic E-state index is -4.93. The van der Waals surface area contributed by atoms with Gasteiger partial charge in [-0.2, -0.15) is 13.2 Å². The van der Waals surface area contributed by atoms with Crippen LogP contribution in [0.1, 0.15) is 23.0 Å². The molecule has 0 bridgehead atoms. The first-order valence-electron chi connectivity index (χ1n) is 10.0. The van der Waals surface area contributed by atoms with E-state index in [2.05, 4.69) is 10.3 Å². The van der Waals surface area contributed by atoms with Crippen molar-refractivity contribution in [3.63, 3.8) is 0 Å². The summed E-state index contributed by atoms with van der Waals surface area (Å²) in [5, 5.41) is 2.61. The van der Waals surface area contributed by atoms with Crippen molar-refractivity contribution >= 4 is 32.6 Å². The standard InChI is InChI=1S/C22H16F4N4O4S/c1-3-34-12-5-7-15-16(9-12)35-20(27-15)28-19(32)13-8-11(4-6-14(13)23)30-18(31)10-17(22(24,25)26)29(2)21(30)33/h4-10H,3H2,1-2H3,(H,27,28,32). The van der Waals surface area contributed by atoms with Crippen LogP contribution in [0, 0.1) is 5.82 Å². The largest absolute Gasteiger partial charge is 0.494 e. The number of carbonyl (C=O) groups is 1. The first-order chi connectivity index (χ1) is 16.5. The van der Waals surface area contributed by atoms with Gasteiger partial charge in [0.1, 0.15) is 17.3 Å². The summed E-state index contributed by atoms with van der Waals surface area (Å²) < 4.78 is 60.5. The lowest BCUT2D eigenvalue weighted by molar-refractivity contribution is -0.144. The fourth-order valence-corrected chi connectivity index (χ4v) is 4.23. The van der Waals surface area contributed by atoms with Crippen molar-refractivity contribution in [2.24, 2.45) is 7.05 Å². The molecule has 0 unspecified atom stereocenters. The number of ether oxygens (including phenoxy) is 1. The maximum absolute atomic E-state index is 14.5.